The van der Waals surface area contributed by atoms with Gasteiger partial charge < -0.3 is 9.32 Å². The van der Waals surface area contributed by atoms with Gasteiger partial charge in [-0.1, -0.05) is 146 Å². The number of anilines is 3. The van der Waals surface area contributed by atoms with Crippen LogP contribution in [-0.4, -0.2) is 0 Å². The Kier molecular flexibility index (Phi) is 7.18. The van der Waals surface area contributed by atoms with Crippen LogP contribution in [0.1, 0.15) is 0 Å². The lowest BCUT2D eigenvalue weighted by Crippen LogP contribution is -2.11. The lowest BCUT2D eigenvalue weighted by Gasteiger charge is -2.28. The van der Waals surface area contributed by atoms with E-state index in [9.17, 15) is 0 Å². The molecule has 0 atom stereocenters. The van der Waals surface area contributed by atoms with E-state index in [0.717, 1.165) is 55.7 Å². The highest BCUT2D eigenvalue weighted by molar-refractivity contribution is 6.19. The van der Waals surface area contributed by atoms with Gasteiger partial charge in [-0.25, -0.2) is 0 Å². The summed E-state index contributed by atoms with van der Waals surface area (Å²) in [6.45, 7) is 0. The summed E-state index contributed by atoms with van der Waals surface area (Å²) in [5, 5.41) is 7.21. The van der Waals surface area contributed by atoms with Crippen LogP contribution in [0.3, 0.4) is 0 Å². The van der Waals surface area contributed by atoms with Gasteiger partial charge in [0.25, 0.3) is 0 Å². The van der Waals surface area contributed by atoms with E-state index in [2.05, 4.69) is 193 Å². The summed E-state index contributed by atoms with van der Waals surface area (Å²) in [6.07, 6.45) is 0. The van der Waals surface area contributed by atoms with Gasteiger partial charge in [0.1, 0.15) is 11.2 Å². The van der Waals surface area contributed by atoms with Gasteiger partial charge >= 0.3 is 0 Å². The molecule has 244 valence electrons. The molecule has 10 rings (SSSR count). The minimum absolute atomic E-state index is 0.913. The number of benzene rings is 9. The summed E-state index contributed by atoms with van der Waals surface area (Å²) in [4.78, 5) is 2.38. The molecule has 0 amide bonds. The van der Waals surface area contributed by atoms with E-state index in [0.29, 0.717) is 0 Å². The van der Waals surface area contributed by atoms with Crippen molar-refractivity contribution in [2.24, 2.45) is 0 Å². The number of para-hydroxylation sites is 2. The Bertz CT molecular complexity index is 2880. The first-order valence-electron chi connectivity index (χ1n) is 17.8. The molecule has 0 radical (unpaired) electrons. The third kappa shape index (κ3) is 5.12. The predicted molar refractivity (Wildman–Crippen MR) is 220 cm³/mol. The largest absolute Gasteiger partial charge is 0.456 e. The molecule has 0 N–H and O–H groups in total. The van der Waals surface area contributed by atoms with Crippen LogP contribution in [0.2, 0.25) is 0 Å². The fourth-order valence-corrected chi connectivity index (χ4v) is 7.75. The van der Waals surface area contributed by atoms with Crippen molar-refractivity contribution in [3.05, 3.63) is 200 Å². The maximum atomic E-state index is 6.26. The molecule has 0 saturated heterocycles. The van der Waals surface area contributed by atoms with Crippen molar-refractivity contribution in [3.63, 3.8) is 0 Å². The average Bonchev–Trinajstić information content (AvgIpc) is 3.61. The highest BCUT2D eigenvalue weighted by Gasteiger charge is 2.19. The number of rotatable bonds is 6. The van der Waals surface area contributed by atoms with Crippen molar-refractivity contribution >= 4 is 60.5 Å². The van der Waals surface area contributed by atoms with Crippen LogP contribution in [-0.2, 0) is 0 Å². The molecule has 0 unspecified atom stereocenters. The van der Waals surface area contributed by atoms with Gasteiger partial charge in [0.2, 0.25) is 0 Å². The first-order valence-corrected chi connectivity index (χ1v) is 17.8. The number of nitrogens with zero attached hydrogens (tertiary/aromatic N) is 1. The number of hydrogen-bond acceptors (Lipinski definition) is 2. The van der Waals surface area contributed by atoms with Crippen LogP contribution < -0.4 is 4.90 Å². The van der Waals surface area contributed by atoms with Gasteiger partial charge in [-0.2, -0.15) is 0 Å². The van der Waals surface area contributed by atoms with E-state index in [1.807, 2.05) is 12.1 Å². The Labute approximate surface area is 302 Å². The topological polar surface area (TPSA) is 16.4 Å². The standard InChI is InChI=1S/C50H33NO/c1-3-12-35(13-4-1)45-32-39(38-23-22-37-27-31-49-50(46(37)33-38)44-19-9-10-21-48(44)52-49)26-30-47(45)51(40-16-5-2-6-17-40)41-28-24-36(25-29-41)43-20-11-15-34-14-7-8-18-42(34)43/h1-33H. The van der Waals surface area contributed by atoms with Crippen LogP contribution in [0, 0.1) is 0 Å². The number of hydrogen-bond donors (Lipinski definition) is 0. The monoisotopic (exact) mass is 663 g/mol. The van der Waals surface area contributed by atoms with Crippen LogP contribution in [0.15, 0.2) is 205 Å². The average molecular weight is 664 g/mol. The zero-order chi connectivity index (χ0) is 34.4. The van der Waals surface area contributed by atoms with Crippen LogP contribution in [0.5, 0.6) is 0 Å². The van der Waals surface area contributed by atoms with Gasteiger partial charge in [-0.15, -0.1) is 0 Å². The zero-order valence-electron chi connectivity index (χ0n) is 28.4. The smallest absolute Gasteiger partial charge is 0.136 e. The van der Waals surface area contributed by atoms with Gasteiger partial charge in [0.05, 0.1) is 5.69 Å². The molecule has 0 aliphatic rings. The molecule has 2 nitrogen and oxygen atoms in total. The highest BCUT2D eigenvalue weighted by Crippen LogP contribution is 2.44. The third-order valence-electron chi connectivity index (χ3n) is 10.3. The zero-order valence-corrected chi connectivity index (χ0v) is 28.4. The maximum Gasteiger partial charge on any atom is 0.136 e. The molecule has 0 spiro atoms. The molecule has 10 aromatic rings. The van der Waals surface area contributed by atoms with Gasteiger partial charge in [0, 0.05) is 27.7 Å². The lowest BCUT2D eigenvalue weighted by atomic mass is 9.94. The van der Waals surface area contributed by atoms with E-state index < -0.39 is 0 Å². The second-order valence-electron chi connectivity index (χ2n) is 13.3. The molecule has 0 fully saturated rings. The Morgan fingerprint density at radius 2 is 0.923 bits per heavy atom. The van der Waals surface area contributed by atoms with E-state index in [1.165, 1.54) is 38.2 Å². The van der Waals surface area contributed by atoms with Crippen LogP contribution in [0.4, 0.5) is 17.1 Å². The molecule has 52 heavy (non-hydrogen) atoms. The van der Waals surface area contributed by atoms with Crippen molar-refractivity contribution in [2.75, 3.05) is 4.90 Å². The molecule has 1 aromatic heterocycles. The third-order valence-corrected chi connectivity index (χ3v) is 10.3. The molecular weight excluding hydrogens is 631 g/mol. The summed E-state index contributed by atoms with van der Waals surface area (Å²) in [7, 11) is 0. The van der Waals surface area contributed by atoms with Crippen molar-refractivity contribution in [1.29, 1.82) is 0 Å². The van der Waals surface area contributed by atoms with E-state index in [1.54, 1.807) is 0 Å². The number of fused-ring (bicyclic) bond motifs is 6. The first kappa shape index (κ1) is 30.0. The van der Waals surface area contributed by atoms with Crippen molar-refractivity contribution in [3.8, 4) is 33.4 Å². The summed E-state index contributed by atoms with van der Waals surface area (Å²) >= 11 is 0. The second kappa shape index (κ2) is 12.5. The molecule has 0 aliphatic carbocycles. The molecule has 1 heterocycles. The molecule has 0 bridgehead atoms. The normalized spacial score (nSPS) is 11.5. The van der Waals surface area contributed by atoms with Gasteiger partial charge in [-0.3, -0.25) is 0 Å². The lowest BCUT2D eigenvalue weighted by molar-refractivity contribution is 0.669. The minimum atomic E-state index is 0.913. The van der Waals surface area contributed by atoms with E-state index in [4.69, 9.17) is 4.42 Å². The summed E-state index contributed by atoms with van der Waals surface area (Å²) in [5.41, 5.74) is 12.2. The fourth-order valence-electron chi connectivity index (χ4n) is 7.75. The molecule has 0 aliphatic heterocycles. The number of furan rings is 1. The second-order valence-corrected chi connectivity index (χ2v) is 13.3. The Balaban J connectivity index is 1.13. The molecular formula is C50H33NO. The SMILES string of the molecule is c1ccc(-c2cc(-c3ccc4ccc5oc6ccccc6c5c4c3)ccc2N(c2ccccc2)c2ccc(-c3cccc4ccccc34)cc2)cc1. The fraction of sp³-hybridized carbons (Fsp3) is 0. The Morgan fingerprint density at radius 3 is 1.77 bits per heavy atom. The highest BCUT2D eigenvalue weighted by atomic mass is 16.3. The van der Waals surface area contributed by atoms with Gasteiger partial charge in [0.15, 0.2) is 0 Å². The van der Waals surface area contributed by atoms with Crippen molar-refractivity contribution in [2.45, 2.75) is 0 Å². The summed E-state index contributed by atoms with van der Waals surface area (Å²) < 4.78 is 6.26. The quantitative estimate of drug-likeness (QED) is 0.176. The molecule has 0 saturated carbocycles. The molecule has 9 aromatic carbocycles. The van der Waals surface area contributed by atoms with Crippen LogP contribution in [0.25, 0.3) is 76.9 Å². The molecule has 2 heteroatoms. The summed E-state index contributed by atoms with van der Waals surface area (Å²) in [5.74, 6) is 0. The van der Waals surface area contributed by atoms with E-state index in [-0.39, 0.29) is 0 Å². The first-order chi connectivity index (χ1) is 25.8. The summed E-state index contributed by atoms with van der Waals surface area (Å²) in [6, 6.07) is 71.8. The van der Waals surface area contributed by atoms with Crippen molar-refractivity contribution < 1.29 is 4.42 Å². The van der Waals surface area contributed by atoms with Gasteiger partial charge in [-0.05, 0) is 104 Å². The van der Waals surface area contributed by atoms with Crippen LogP contribution >= 0.6 is 0 Å². The predicted octanol–water partition coefficient (Wildman–Crippen LogP) is 14.4. The Hall–Kier alpha value is -6.90. The maximum absolute atomic E-state index is 6.26. The Morgan fingerprint density at radius 1 is 0.327 bits per heavy atom. The minimum Gasteiger partial charge on any atom is -0.456 e. The van der Waals surface area contributed by atoms with E-state index >= 15 is 0 Å². The van der Waals surface area contributed by atoms with Crippen molar-refractivity contribution in [1.82, 2.24) is 0 Å².